The van der Waals surface area contributed by atoms with Gasteiger partial charge in [0.25, 0.3) is 5.91 Å². The number of thiophene rings is 1. The van der Waals surface area contributed by atoms with Crippen molar-refractivity contribution in [1.29, 1.82) is 0 Å². The van der Waals surface area contributed by atoms with Gasteiger partial charge in [-0.05, 0) is 41.3 Å². The lowest BCUT2D eigenvalue weighted by Gasteiger charge is -2.18. The smallest absolute Gasteiger partial charge is 0.262 e. The molecule has 0 bridgehead atoms. The minimum Gasteiger partial charge on any atom is -0.339 e. The molecular formula is C23H19N3O2S2. The van der Waals surface area contributed by atoms with Gasteiger partial charge in [-0.25, -0.2) is 4.98 Å². The van der Waals surface area contributed by atoms with E-state index in [1.54, 1.807) is 23.6 Å². The Bertz CT molecular complexity index is 1090. The van der Waals surface area contributed by atoms with Crippen LogP contribution in [0.5, 0.6) is 0 Å². The number of carbonyl (C=O) groups is 2. The van der Waals surface area contributed by atoms with E-state index >= 15 is 0 Å². The minimum absolute atomic E-state index is 0.250. The van der Waals surface area contributed by atoms with Crippen molar-refractivity contribution in [2.75, 3.05) is 5.32 Å². The van der Waals surface area contributed by atoms with Crippen molar-refractivity contribution in [3.8, 4) is 10.6 Å². The molecule has 4 aromatic rings. The molecule has 0 saturated heterocycles. The number of hydrogen-bond donors (Lipinski definition) is 2. The summed E-state index contributed by atoms with van der Waals surface area (Å²) in [5.74, 6) is -0.508. The summed E-state index contributed by atoms with van der Waals surface area (Å²) in [6, 6.07) is 20.0. The molecule has 0 saturated carbocycles. The van der Waals surface area contributed by atoms with Gasteiger partial charge in [0.05, 0.1) is 4.88 Å². The molecule has 0 fully saturated rings. The molecule has 2 amide bonds. The van der Waals surface area contributed by atoms with Gasteiger partial charge in [0.2, 0.25) is 5.91 Å². The van der Waals surface area contributed by atoms with Gasteiger partial charge in [0.15, 0.2) is 0 Å². The quantitative estimate of drug-likeness (QED) is 0.438. The Balaban J connectivity index is 1.48. The number of anilines is 1. The Hall–Kier alpha value is -3.29. The maximum absolute atomic E-state index is 13.0. The molecule has 0 aliphatic heterocycles. The first-order valence-electron chi connectivity index (χ1n) is 9.38. The van der Waals surface area contributed by atoms with Crippen molar-refractivity contribution >= 4 is 40.2 Å². The van der Waals surface area contributed by atoms with E-state index in [-0.39, 0.29) is 11.8 Å². The number of nitrogens with one attached hydrogen (secondary N) is 2. The highest BCUT2D eigenvalue weighted by Gasteiger charge is 2.22. The van der Waals surface area contributed by atoms with Gasteiger partial charge in [-0.3, -0.25) is 9.59 Å². The van der Waals surface area contributed by atoms with Gasteiger partial charge >= 0.3 is 0 Å². The first-order valence-corrected chi connectivity index (χ1v) is 11.1. The normalized spacial score (nSPS) is 11.6. The van der Waals surface area contributed by atoms with Gasteiger partial charge in [-0.1, -0.05) is 36.4 Å². The van der Waals surface area contributed by atoms with Crippen LogP contribution >= 0.6 is 22.7 Å². The van der Waals surface area contributed by atoms with Gasteiger partial charge in [-0.2, -0.15) is 0 Å². The third-order valence-corrected chi connectivity index (χ3v) is 6.17. The van der Waals surface area contributed by atoms with E-state index in [0.717, 1.165) is 16.1 Å². The second kappa shape index (κ2) is 9.47. The first kappa shape index (κ1) is 20.0. The number of aromatic nitrogens is 1. The number of rotatable bonds is 7. The molecule has 0 aliphatic carbocycles. The summed E-state index contributed by atoms with van der Waals surface area (Å²) < 4.78 is 0. The molecule has 30 heavy (non-hydrogen) atoms. The largest absolute Gasteiger partial charge is 0.339 e. The van der Waals surface area contributed by atoms with Crippen LogP contribution in [-0.4, -0.2) is 22.8 Å². The van der Waals surface area contributed by atoms with Crippen LogP contribution < -0.4 is 10.6 Å². The van der Waals surface area contributed by atoms with E-state index in [4.69, 9.17) is 0 Å². The number of thiazole rings is 1. The van der Waals surface area contributed by atoms with Crippen LogP contribution in [0.3, 0.4) is 0 Å². The SMILES string of the molecule is O=C(NC(Cc1ccccc1)C(=O)Nc1ccc(-c2nccs2)cc1)c1cccs1. The summed E-state index contributed by atoms with van der Waals surface area (Å²) in [6.45, 7) is 0. The highest BCUT2D eigenvalue weighted by molar-refractivity contribution is 7.13. The van der Waals surface area contributed by atoms with E-state index in [1.165, 1.54) is 11.3 Å². The van der Waals surface area contributed by atoms with Crippen molar-refractivity contribution in [2.45, 2.75) is 12.5 Å². The van der Waals surface area contributed by atoms with Gasteiger partial charge in [0.1, 0.15) is 11.0 Å². The zero-order chi connectivity index (χ0) is 20.8. The molecule has 1 unspecified atom stereocenters. The Morgan fingerprint density at radius 2 is 1.70 bits per heavy atom. The molecule has 2 aromatic carbocycles. The molecule has 0 radical (unpaired) electrons. The molecule has 2 aromatic heterocycles. The summed E-state index contributed by atoms with van der Waals surface area (Å²) >= 11 is 2.91. The number of nitrogens with zero attached hydrogens (tertiary/aromatic N) is 1. The zero-order valence-corrected chi connectivity index (χ0v) is 17.6. The van der Waals surface area contributed by atoms with Crippen molar-refractivity contribution in [1.82, 2.24) is 10.3 Å². The highest BCUT2D eigenvalue weighted by atomic mass is 32.1. The lowest BCUT2D eigenvalue weighted by Crippen LogP contribution is -2.45. The molecular weight excluding hydrogens is 414 g/mol. The highest BCUT2D eigenvalue weighted by Crippen LogP contribution is 2.23. The van der Waals surface area contributed by atoms with E-state index < -0.39 is 6.04 Å². The average molecular weight is 434 g/mol. The number of benzene rings is 2. The summed E-state index contributed by atoms with van der Waals surface area (Å²) in [5, 5.41) is 10.5. The minimum atomic E-state index is -0.694. The molecule has 2 heterocycles. The van der Waals surface area contributed by atoms with E-state index in [1.807, 2.05) is 71.4 Å². The molecule has 5 nitrogen and oxygen atoms in total. The van der Waals surface area contributed by atoms with Crippen LogP contribution in [0, 0.1) is 0 Å². The number of amides is 2. The van der Waals surface area contributed by atoms with Gasteiger partial charge < -0.3 is 10.6 Å². The lowest BCUT2D eigenvalue weighted by molar-refractivity contribution is -0.118. The topological polar surface area (TPSA) is 71.1 Å². The Kier molecular flexibility index (Phi) is 6.32. The fraction of sp³-hybridized carbons (Fsp3) is 0.0870. The Morgan fingerprint density at radius 1 is 0.900 bits per heavy atom. The fourth-order valence-corrected chi connectivity index (χ4v) is 4.26. The van der Waals surface area contributed by atoms with Gasteiger partial charge in [-0.15, -0.1) is 22.7 Å². The first-order chi connectivity index (χ1) is 14.7. The van der Waals surface area contributed by atoms with Crippen molar-refractivity contribution in [3.05, 3.63) is 94.1 Å². The predicted octanol–water partition coefficient (Wildman–Crippen LogP) is 4.85. The van der Waals surface area contributed by atoms with Crippen LogP contribution in [0.25, 0.3) is 10.6 Å². The van der Waals surface area contributed by atoms with E-state index in [0.29, 0.717) is 17.0 Å². The second-order valence-electron chi connectivity index (χ2n) is 6.60. The third-order valence-electron chi connectivity index (χ3n) is 4.48. The third kappa shape index (κ3) is 5.00. The monoisotopic (exact) mass is 433 g/mol. The van der Waals surface area contributed by atoms with Crippen LogP contribution in [0.4, 0.5) is 5.69 Å². The molecule has 0 aliphatic rings. The maximum atomic E-state index is 13.0. The molecule has 0 spiro atoms. The second-order valence-corrected chi connectivity index (χ2v) is 8.44. The maximum Gasteiger partial charge on any atom is 0.262 e. The molecule has 1 atom stereocenters. The fourth-order valence-electron chi connectivity index (χ4n) is 2.99. The van der Waals surface area contributed by atoms with Gasteiger partial charge in [0, 0.05) is 29.2 Å². The molecule has 7 heteroatoms. The lowest BCUT2D eigenvalue weighted by atomic mass is 10.0. The van der Waals surface area contributed by atoms with Crippen LogP contribution in [0.2, 0.25) is 0 Å². The van der Waals surface area contributed by atoms with E-state index in [2.05, 4.69) is 15.6 Å². The van der Waals surface area contributed by atoms with E-state index in [9.17, 15) is 9.59 Å². The average Bonchev–Trinajstić information content (AvgIpc) is 3.49. The number of carbonyl (C=O) groups excluding carboxylic acids is 2. The molecule has 2 N–H and O–H groups in total. The summed E-state index contributed by atoms with van der Waals surface area (Å²) in [4.78, 5) is 30.4. The Morgan fingerprint density at radius 3 is 2.37 bits per heavy atom. The van der Waals surface area contributed by atoms with Crippen LogP contribution in [-0.2, 0) is 11.2 Å². The summed E-state index contributed by atoms with van der Waals surface area (Å²) in [6.07, 6.45) is 2.17. The molecule has 150 valence electrons. The zero-order valence-electron chi connectivity index (χ0n) is 15.9. The Labute approximate surface area is 182 Å². The van der Waals surface area contributed by atoms with Crippen molar-refractivity contribution in [2.24, 2.45) is 0 Å². The number of hydrogen-bond acceptors (Lipinski definition) is 5. The summed E-state index contributed by atoms with van der Waals surface area (Å²) in [5.41, 5.74) is 2.64. The van der Waals surface area contributed by atoms with Crippen molar-refractivity contribution in [3.63, 3.8) is 0 Å². The van der Waals surface area contributed by atoms with Crippen LogP contribution in [0.1, 0.15) is 15.2 Å². The molecule has 4 rings (SSSR count). The standard InChI is InChI=1S/C23H19N3O2S2/c27-21(25-18-10-8-17(9-11-18)23-24-12-14-30-23)19(15-16-5-2-1-3-6-16)26-22(28)20-7-4-13-29-20/h1-14,19H,15H2,(H,25,27)(H,26,28). The van der Waals surface area contributed by atoms with Crippen LogP contribution in [0.15, 0.2) is 83.7 Å². The van der Waals surface area contributed by atoms with Crippen molar-refractivity contribution < 1.29 is 9.59 Å². The predicted molar refractivity (Wildman–Crippen MR) is 122 cm³/mol. The summed E-state index contributed by atoms with van der Waals surface area (Å²) in [7, 11) is 0.